The molecule has 1 aliphatic heterocycles. The molecule has 0 radical (unpaired) electrons. The third-order valence-electron chi connectivity index (χ3n) is 4.60. The summed E-state index contributed by atoms with van der Waals surface area (Å²) < 4.78 is 0. The van der Waals surface area contributed by atoms with Gasteiger partial charge >= 0.3 is 0 Å². The second-order valence-electron chi connectivity index (χ2n) is 6.30. The largest absolute Gasteiger partial charge is 0.367 e. The Labute approximate surface area is 167 Å². The Balaban J connectivity index is 1.32. The van der Waals surface area contributed by atoms with E-state index in [1.54, 1.807) is 6.20 Å². The van der Waals surface area contributed by atoms with E-state index < -0.39 is 0 Å². The fourth-order valence-electron chi connectivity index (χ4n) is 3.14. The van der Waals surface area contributed by atoms with Crippen LogP contribution in [0.3, 0.4) is 0 Å². The topological polar surface area (TPSA) is 49.3 Å². The van der Waals surface area contributed by atoms with Crippen molar-refractivity contribution in [3.05, 3.63) is 59.8 Å². The summed E-state index contributed by atoms with van der Waals surface area (Å²) >= 11 is 7.71. The molecule has 0 bridgehead atoms. The molecule has 1 aliphatic rings. The number of hydrogen-bond acceptors (Lipinski definition) is 5. The molecular weight excluding hydrogens is 380 g/mol. The van der Waals surface area contributed by atoms with Gasteiger partial charge < -0.3 is 9.80 Å². The number of hydrogen-bond donors (Lipinski definition) is 0. The van der Waals surface area contributed by atoms with Crippen molar-refractivity contribution in [1.82, 2.24) is 14.9 Å². The molecule has 0 spiro atoms. The number of benzene rings is 2. The number of carbonyl (C=O) groups is 1. The van der Waals surface area contributed by atoms with Crippen LogP contribution in [-0.4, -0.2) is 52.7 Å². The minimum absolute atomic E-state index is 0.133. The van der Waals surface area contributed by atoms with Crippen LogP contribution in [0.5, 0.6) is 0 Å². The van der Waals surface area contributed by atoms with Crippen LogP contribution in [0.15, 0.2) is 59.8 Å². The summed E-state index contributed by atoms with van der Waals surface area (Å²) in [5, 5.41) is 1.53. The highest BCUT2D eigenvalue weighted by Gasteiger charge is 2.22. The van der Waals surface area contributed by atoms with Crippen molar-refractivity contribution in [3.63, 3.8) is 0 Å². The van der Waals surface area contributed by atoms with Crippen LogP contribution in [0.1, 0.15) is 0 Å². The summed E-state index contributed by atoms with van der Waals surface area (Å²) in [6.45, 7) is 2.98. The lowest BCUT2D eigenvalue weighted by molar-refractivity contribution is -0.128. The first-order valence-corrected chi connectivity index (χ1v) is 10.2. The zero-order valence-electron chi connectivity index (χ0n) is 14.7. The maximum Gasteiger partial charge on any atom is 0.233 e. The lowest BCUT2D eigenvalue weighted by atomic mass is 10.2. The van der Waals surface area contributed by atoms with E-state index in [-0.39, 0.29) is 5.91 Å². The zero-order valence-corrected chi connectivity index (χ0v) is 16.3. The highest BCUT2D eigenvalue weighted by Crippen LogP contribution is 2.26. The highest BCUT2D eigenvalue weighted by molar-refractivity contribution is 7.99. The van der Waals surface area contributed by atoms with Crippen LogP contribution >= 0.6 is 23.4 Å². The Morgan fingerprint density at radius 2 is 1.70 bits per heavy atom. The first kappa shape index (κ1) is 18.1. The molecule has 1 saturated heterocycles. The monoisotopic (exact) mass is 398 g/mol. The van der Waals surface area contributed by atoms with Crippen LogP contribution in [0.2, 0.25) is 5.02 Å². The van der Waals surface area contributed by atoms with Gasteiger partial charge in [0.1, 0.15) is 5.03 Å². The standard InChI is InChI=1S/C20H19ClN4OS/c21-15-5-1-4-8-18(15)24-9-11-25(12-10-24)20(26)14-27-19-13-22-16-6-2-3-7-17(16)23-19/h1-8,13H,9-12,14H2. The van der Waals surface area contributed by atoms with Gasteiger partial charge in [0, 0.05) is 26.2 Å². The van der Waals surface area contributed by atoms with E-state index in [0.717, 1.165) is 39.9 Å². The van der Waals surface area contributed by atoms with Gasteiger partial charge in [-0.2, -0.15) is 0 Å². The van der Waals surface area contributed by atoms with Gasteiger partial charge in [-0.1, -0.05) is 47.6 Å². The van der Waals surface area contributed by atoms with Gasteiger partial charge in [-0.3, -0.25) is 9.78 Å². The molecule has 0 unspecified atom stereocenters. The minimum atomic E-state index is 0.133. The van der Waals surface area contributed by atoms with Gasteiger partial charge in [0.25, 0.3) is 0 Å². The lowest BCUT2D eigenvalue weighted by Gasteiger charge is -2.36. The first-order chi connectivity index (χ1) is 13.2. The molecule has 138 valence electrons. The Hall–Kier alpha value is -2.31. The number of amides is 1. The number of fused-ring (bicyclic) bond motifs is 1. The summed E-state index contributed by atoms with van der Waals surface area (Å²) in [7, 11) is 0. The van der Waals surface area contributed by atoms with Crippen LogP contribution in [0.4, 0.5) is 5.69 Å². The second kappa shape index (κ2) is 8.15. The van der Waals surface area contributed by atoms with Crippen molar-refractivity contribution < 1.29 is 4.79 Å². The van der Waals surface area contributed by atoms with Crippen molar-refractivity contribution in [1.29, 1.82) is 0 Å². The first-order valence-electron chi connectivity index (χ1n) is 8.82. The Morgan fingerprint density at radius 1 is 1.00 bits per heavy atom. The van der Waals surface area contributed by atoms with Crippen LogP contribution < -0.4 is 4.90 Å². The molecule has 7 heteroatoms. The fourth-order valence-corrected chi connectivity index (χ4v) is 4.14. The lowest BCUT2D eigenvalue weighted by Crippen LogP contribution is -2.49. The molecule has 1 amide bonds. The Bertz CT molecular complexity index is 959. The molecule has 4 rings (SSSR count). The molecule has 2 aromatic carbocycles. The van der Waals surface area contributed by atoms with E-state index in [9.17, 15) is 4.79 Å². The summed E-state index contributed by atoms with van der Waals surface area (Å²) in [4.78, 5) is 25.7. The molecule has 0 N–H and O–H groups in total. The predicted molar refractivity (Wildman–Crippen MR) is 111 cm³/mol. The van der Waals surface area contributed by atoms with E-state index in [1.165, 1.54) is 11.8 Å². The molecule has 0 atom stereocenters. The number of piperazine rings is 1. The number of halogens is 1. The van der Waals surface area contributed by atoms with E-state index in [4.69, 9.17) is 11.6 Å². The highest BCUT2D eigenvalue weighted by atomic mass is 35.5. The van der Waals surface area contributed by atoms with Crippen molar-refractivity contribution in [2.75, 3.05) is 36.8 Å². The molecule has 3 aromatic rings. The van der Waals surface area contributed by atoms with Crippen molar-refractivity contribution in [2.45, 2.75) is 5.03 Å². The summed E-state index contributed by atoms with van der Waals surface area (Å²) in [6.07, 6.45) is 1.73. The maximum absolute atomic E-state index is 12.6. The normalized spacial score (nSPS) is 14.6. The van der Waals surface area contributed by atoms with Crippen LogP contribution in [0, 0.1) is 0 Å². The summed E-state index contributed by atoms with van der Waals surface area (Å²) in [5.74, 6) is 0.507. The second-order valence-corrected chi connectivity index (χ2v) is 7.71. The molecule has 1 fully saturated rings. The van der Waals surface area contributed by atoms with Crippen molar-refractivity contribution >= 4 is 46.0 Å². The molecule has 0 saturated carbocycles. The Kier molecular flexibility index (Phi) is 5.45. The SMILES string of the molecule is O=C(CSc1cnc2ccccc2n1)N1CCN(c2ccccc2Cl)CC1. The van der Waals surface area contributed by atoms with E-state index in [0.29, 0.717) is 18.8 Å². The van der Waals surface area contributed by atoms with Crippen LogP contribution in [-0.2, 0) is 4.79 Å². The van der Waals surface area contributed by atoms with Gasteiger partial charge in [-0.05, 0) is 24.3 Å². The zero-order chi connectivity index (χ0) is 18.6. The number of carbonyl (C=O) groups excluding carboxylic acids is 1. The number of rotatable bonds is 4. The van der Waals surface area contributed by atoms with Gasteiger partial charge in [0.15, 0.2) is 0 Å². The quantitative estimate of drug-likeness (QED) is 0.627. The molecule has 2 heterocycles. The molecule has 0 aliphatic carbocycles. The number of aromatic nitrogens is 2. The Morgan fingerprint density at radius 3 is 2.48 bits per heavy atom. The third-order valence-corrected chi connectivity index (χ3v) is 5.80. The van der Waals surface area contributed by atoms with Gasteiger partial charge in [-0.25, -0.2) is 4.98 Å². The molecule has 1 aromatic heterocycles. The third kappa shape index (κ3) is 4.17. The van der Waals surface area contributed by atoms with Gasteiger partial charge in [-0.15, -0.1) is 0 Å². The van der Waals surface area contributed by atoms with Crippen LogP contribution in [0.25, 0.3) is 11.0 Å². The molecule has 27 heavy (non-hydrogen) atoms. The minimum Gasteiger partial charge on any atom is -0.367 e. The van der Waals surface area contributed by atoms with E-state index >= 15 is 0 Å². The average molecular weight is 399 g/mol. The smallest absolute Gasteiger partial charge is 0.233 e. The fraction of sp³-hybridized carbons (Fsp3) is 0.250. The average Bonchev–Trinajstić information content (AvgIpc) is 2.72. The number of thioether (sulfide) groups is 1. The van der Waals surface area contributed by atoms with Crippen molar-refractivity contribution in [2.24, 2.45) is 0 Å². The summed E-state index contributed by atoms with van der Waals surface area (Å²) in [5.41, 5.74) is 2.75. The predicted octanol–water partition coefficient (Wildman–Crippen LogP) is 3.72. The van der Waals surface area contributed by atoms with Gasteiger partial charge in [0.2, 0.25) is 5.91 Å². The number of nitrogens with zero attached hydrogens (tertiary/aromatic N) is 4. The van der Waals surface area contributed by atoms with E-state index in [1.807, 2.05) is 53.4 Å². The number of para-hydroxylation sites is 3. The maximum atomic E-state index is 12.6. The van der Waals surface area contributed by atoms with E-state index in [2.05, 4.69) is 14.9 Å². The molecular formula is C20H19ClN4OS. The summed E-state index contributed by atoms with van der Waals surface area (Å²) in [6, 6.07) is 15.6. The van der Waals surface area contributed by atoms with Gasteiger partial charge in [0.05, 0.1) is 33.7 Å². The molecule has 5 nitrogen and oxygen atoms in total. The number of anilines is 1. The van der Waals surface area contributed by atoms with Crippen molar-refractivity contribution in [3.8, 4) is 0 Å².